The lowest BCUT2D eigenvalue weighted by Gasteiger charge is -2.30. The van der Waals surface area contributed by atoms with Crippen molar-refractivity contribution in [3.05, 3.63) is 112 Å². The number of rotatable bonds is 21. The summed E-state index contributed by atoms with van der Waals surface area (Å²) >= 11 is 1.53. The number of halogens is 1. The number of β-amino-alcohol motifs (C(OH)–C–C–N with tert-alkyl or cyclic N) is 1. The maximum Gasteiger partial charge on any atom is 0.410 e. The average molecular weight is 1280 g/mol. The fraction of sp³-hybridized carbons (Fsp3) is 0.485. The van der Waals surface area contributed by atoms with E-state index in [-0.39, 0.29) is 75.6 Å². The van der Waals surface area contributed by atoms with Gasteiger partial charge >= 0.3 is 12.1 Å². The van der Waals surface area contributed by atoms with Gasteiger partial charge in [-0.05, 0) is 119 Å². The number of anilines is 1. The predicted octanol–water partition coefficient (Wildman–Crippen LogP) is 10.4. The van der Waals surface area contributed by atoms with E-state index in [1.165, 1.54) is 20.9 Å². The highest BCUT2D eigenvalue weighted by Crippen LogP contribution is 2.54. The van der Waals surface area contributed by atoms with Crippen molar-refractivity contribution in [1.82, 2.24) is 54.8 Å². The maximum atomic E-state index is 16.9. The van der Waals surface area contributed by atoms with Gasteiger partial charge in [-0.25, -0.2) is 23.5 Å². The van der Waals surface area contributed by atoms with Gasteiger partial charge in [0.25, 0.3) is 0 Å². The molecular weight excluding hydrogens is 1200 g/mol. The van der Waals surface area contributed by atoms with Gasteiger partial charge in [-0.2, -0.15) is 15.1 Å². The number of aliphatic hydroxyl groups is 2. The van der Waals surface area contributed by atoms with Crippen molar-refractivity contribution in [1.29, 1.82) is 0 Å². The molecule has 3 aliphatic heterocycles. The average Bonchev–Trinajstić information content (AvgIpc) is 1.32. The number of fused-ring (bicyclic) bond motifs is 2. The number of ether oxygens (including phenoxy) is 5. The molecule has 3 N–H and O–H groups in total. The molecule has 1 aliphatic carbocycles. The van der Waals surface area contributed by atoms with E-state index in [1.54, 1.807) is 47.6 Å². The van der Waals surface area contributed by atoms with E-state index < -0.39 is 47.5 Å². The Hall–Kier alpha value is -8.16. The number of methoxy groups -OCH3 is 1. The monoisotopic (exact) mass is 1280 g/mol. The van der Waals surface area contributed by atoms with Crippen molar-refractivity contribution in [2.75, 3.05) is 65.1 Å². The van der Waals surface area contributed by atoms with Gasteiger partial charge in [0.1, 0.15) is 53.7 Å². The van der Waals surface area contributed by atoms with Crippen molar-refractivity contribution in [3.63, 3.8) is 0 Å². The van der Waals surface area contributed by atoms with Crippen molar-refractivity contribution in [2.45, 2.75) is 148 Å². The quantitative estimate of drug-likeness (QED) is 0.0566. The lowest BCUT2D eigenvalue weighted by molar-refractivity contribution is -0.142. The predicted molar refractivity (Wildman–Crippen MR) is 346 cm³/mol. The molecule has 24 heteroatoms. The number of likely N-dealkylation sites (tertiary alicyclic amines) is 2. The number of amides is 3. The van der Waals surface area contributed by atoms with Crippen LogP contribution in [0.15, 0.2) is 78.6 Å². The lowest BCUT2D eigenvalue weighted by Crippen LogP contribution is -2.50. The molecule has 92 heavy (non-hydrogen) atoms. The van der Waals surface area contributed by atoms with Gasteiger partial charge < -0.3 is 53.9 Å². The van der Waals surface area contributed by atoms with E-state index in [0.717, 1.165) is 64.8 Å². The SMILES string of the molecule is COCCOc1nc(N(C)[C@H]2CCN(C(=O)OC(C)(C)C)C2)c2cc(C3CC3)c(-c3c(C)c(F)cc4c3cnn4C3CCCCO3)c(OCc3ccc(-c4cn([C@H](C(=O)N5C[C@H](O)C[C@H]5C(=O)N[C@@H](CO)c5ccc(-c6scnc6C)cc5)C(C)C)nn4)cc3)c2n1. The zero-order valence-electron chi connectivity index (χ0n) is 53.6. The fourth-order valence-electron chi connectivity index (χ4n) is 12.9. The summed E-state index contributed by atoms with van der Waals surface area (Å²) < 4.78 is 51.1. The van der Waals surface area contributed by atoms with E-state index >= 15 is 4.39 Å². The summed E-state index contributed by atoms with van der Waals surface area (Å²) in [6.07, 6.45) is 6.97. The summed E-state index contributed by atoms with van der Waals surface area (Å²) in [5, 5.41) is 39.8. The Bertz CT molecular complexity index is 3990. The third-order valence-electron chi connectivity index (χ3n) is 17.9. The molecule has 0 bridgehead atoms. The summed E-state index contributed by atoms with van der Waals surface area (Å²) in [7, 11) is 3.56. The normalized spacial score (nSPS) is 19.3. The first kappa shape index (κ1) is 64.0. The van der Waals surface area contributed by atoms with Gasteiger partial charge in [-0.3, -0.25) is 9.59 Å². The molecule has 4 aromatic heterocycles. The van der Waals surface area contributed by atoms with Crippen LogP contribution in [0.3, 0.4) is 0 Å². The molecule has 22 nitrogen and oxygen atoms in total. The molecule has 1 unspecified atom stereocenters. The number of nitrogens with zero attached hydrogens (tertiary/aromatic N) is 11. The van der Waals surface area contributed by atoms with Crippen LogP contribution in [0.4, 0.5) is 15.0 Å². The van der Waals surface area contributed by atoms with E-state index in [1.807, 2.05) is 97.1 Å². The molecule has 486 valence electrons. The molecule has 4 fully saturated rings. The molecule has 3 amide bonds. The molecule has 4 aliphatic rings. The Morgan fingerprint density at radius 1 is 0.935 bits per heavy atom. The highest BCUT2D eigenvalue weighted by atomic mass is 32.1. The third-order valence-corrected chi connectivity index (χ3v) is 18.9. The Kier molecular flexibility index (Phi) is 18.6. The highest BCUT2D eigenvalue weighted by Gasteiger charge is 2.44. The number of hydrogen-bond donors (Lipinski definition) is 3. The minimum absolute atomic E-state index is 0.0248. The number of benzene rings is 4. The zero-order valence-corrected chi connectivity index (χ0v) is 54.4. The van der Waals surface area contributed by atoms with Crippen LogP contribution in [0.5, 0.6) is 11.8 Å². The van der Waals surface area contributed by atoms with Gasteiger partial charge in [-0.1, -0.05) is 67.6 Å². The second-order valence-corrected chi connectivity index (χ2v) is 26.8. The molecule has 12 rings (SSSR count). The molecule has 0 spiro atoms. The first-order valence-corrected chi connectivity index (χ1v) is 32.7. The van der Waals surface area contributed by atoms with Gasteiger partial charge in [0.05, 0.1) is 59.4 Å². The van der Waals surface area contributed by atoms with Crippen LogP contribution in [-0.4, -0.2) is 162 Å². The minimum atomic E-state index is -1.00. The van der Waals surface area contributed by atoms with Gasteiger partial charge in [0, 0.05) is 86.4 Å². The Labute approximate surface area is 538 Å². The second kappa shape index (κ2) is 26.8. The number of thiazole rings is 1. The molecule has 4 aromatic carbocycles. The molecule has 8 aromatic rings. The standard InChI is InChI=1S/C68H81FN12O10S/c1-38(2)60(65(85)79-33-47(83)28-55(79)64(84)72-53(35-82)44-19-21-45(22-20-44)62-40(4)70-37-92-62)80-34-52(75-76-80)43-15-13-41(14-16-43)36-90-61-58(57-39(3)51(69)30-54-50(57)31-71-81(54)56-12-10-11-25-88-56)48(42-17-18-42)29-49-59(61)73-66(89-27-26-87-9)74-63(49)77(8)46-23-24-78(32-46)67(86)91-68(5,6)7/h13-16,19-22,29-31,34,37-38,42,46-47,53,55-56,60,82-83H,10-12,17-18,23-28,32-33,35-36H2,1-9H3,(H,72,84)/t46-,47+,53-,55-,56?,60-/m0/s1. The maximum absolute atomic E-state index is 16.9. The molecule has 0 radical (unpaired) electrons. The summed E-state index contributed by atoms with van der Waals surface area (Å²) in [5.41, 5.74) is 9.50. The molecule has 3 saturated heterocycles. The van der Waals surface area contributed by atoms with Gasteiger partial charge in [0.2, 0.25) is 11.8 Å². The van der Waals surface area contributed by atoms with E-state index in [2.05, 4.69) is 31.6 Å². The summed E-state index contributed by atoms with van der Waals surface area (Å²) in [6, 6.07) is 16.2. The largest absolute Gasteiger partial charge is 0.486 e. The second-order valence-electron chi connectivity index (χ2n) is 26.0. The van der Waals surface area contributed by atoms with Crippen LogP contribution in [0.25, 0.3) is 54.6 Å². The summed E-state index contributed by atoms with van der Waals surface area (Å²) in [4.78, 5) is 63.1. The smallest absolute Gasteiger partial charge is 0.410 e. The van der Waals surface area contributed by atoms with Crippen LogP contribution >= 0.6 is 11.3 Å². The first-order valence-electron chi connectivity index (χ1n) is 31.8. The molecule has 6 atom stereocenters. The van der Waals surface area contributed by atoms with E-state index in [4.69, 9.17) is 38.8 Å². The first-order chi connectivity index (χ1) is 44.3. The third kappa shape index (κ3) is 13.3. The van der Waals surface area contributed by atoms with E-state index in [9.17, 15) is 24.6 Å². The number of aryl methyl sites for hydroxylation is 1. The summed E-state index contributed by atoms with van der Waals surface area (Å²) in [6.45, 7) is 14.6. The van der Waals surface area contributed by atoms with Crippen molar-refractivity contribution in [3.8, 4) is 44.6 Å². The van der Waals surface area contributed by atoms with E-state index in [0.29, 0.717) is 87.6 Å². The number of aliphatic hydroxyl groups excluding tert-OH is 2. The van der Waals surface area contributed by atoms with Gasteiger partial charge in [-0.15, -0.1) is 16.4 Å². The number of carbonyl (C=O) groups is 3. The highest BCUT2D eigenvalue weighted by molar-refractivity contribution is 7.13. The van der Waals surface area contributed by atoms with Crippen LogP contribution in [0.1, 0.15) is 132 Å². The van der Waals surface area contributed by atoms with Crippen LogP contribution in [0, 0.1) is 25.6 Å². The van der Waals surface area contributed by atoms with Crippen molar-refractivity contribution in [2.24, 2.45) is 5.92 Å². The number of likely N-dealkylation sites (N-methyl/N-ethyl adjacent to an activating group) is 1. The number of aromatic nitrogens is 8. The van der Waals surface area contributed by atoms with Crippen LogP contribution < -0.4 is 19.7 Å². The van der Waals surface area contributed by atoms with Crippen molar-refractivity contribution < 1.29 is 52.7 Å². The molecular formula is C68H81FN12O10S. The van der Waals surface area contributed by atoms with Gasteiger partial charge in [0.15, 0.2) is 12.0 Å². The number of nitrogens with one attached hydrogen (secondary N) is 1. The van der Waals surface area contributed by atoms with Crippen LogP contribution in [0.2, 0.25) is 0 Å². The summed E-state index contributed by atoms with van der Waals surface area (Å²) in [5.74, 6) is -0.482. The zero-order chi connectivity index (χ0) is 64.7. The number of carbonyl (C=O) groups excluding carboxylic acids is 3. The number of hydrogen-bond acceptors (Lipinski definition) is 18. The topological polar surface area (TPSA) is 247 Å². The molecule has 7 heterocycles. The Morgan fingerprint density at radius 3 is 2.39 bits per heavy atom. The Morgan fingerprint density at radius 2 is 1.71 bits per heavy atom. The Balaban J connectivity index is 0.855. The lowest BCUT2D eigenvalue weighted by atomic mass is 9.88. The fourth-order valence-corrected chi connectivity index (χ4v) is 13.7. The molecule has 1 saturated carbocycles. The van der Waals surface area contributed by atoms with Crippen molar-refractivity contribution >= 4 is 56.9 Å². The van der Waals surface area contributed by atoms with Crippen LogP contribution in [-0.2, 0) is 30.4 Å². The minimum Gasteiger partial charge on any atom is -0.486 e.